The van der Waals surface area contributed by atoms with Crippen LogP contribution in [0.25, 0.3) is 0 Å². The quantitative estimate of drug-likeness (QED) is 0.853. The van der Waals surface area contributed by atoms with Crippen LogP contribution in [0.15, 0.2) is 6.20 Å². The summed E-state index contributed by atoms with van der Waals surface area (Å²) in [5, 5.41) is 3.00. The van der Waals surface area contributed by atoms with E-state index in [4.69, 9.17) is 0 Å². The van der Waals surface area contributed by atoms with E-state index in [1.165, 1.54) is 6.20 Å². The maximum Gasteiger partial charge on any atom is 0.224 e. The Kier molecular flexibility index (Phi) is 3.22. The molecule has 1 aliphatic rings. The van der Waals surface area contributed by atoms with E-state index < -0.39 is 0 Å². The number of nitrogens with zero attached hydrogens (tertiary/aromatic N) is 3. The van der Waals surface area contributed by atoms with Gasteiger partial charge >= 0.3 is 0 Å². The highest BCUT2D eigenvalue weighted by atomic mass is 19.1. The molecule has 0 aliphatic carbocycles. The van der Waals surface area contributed by atoms with Gasteiger partial charge in [0.15, 0.2) is 11.6 Å². The van der Waals surface area contributed by atoms with E-state index in [9.17, 15) is 4.39 Å². The first kappa shape index (κ1) is 11.1. The lowest BCUT2D eigenvalue weighted by Gasteiger charge is -2.23. The van der Waals surface area contributed by atoms with Crippen molar-refractivity contribution < 1.29 is 4.39 Å². The summed E-state index contributed by atoms with van der Waals surface area (Å²) in [7, 11) is 0. The molecule has 1 atom stereocenters. The summed E-state index contributed by atoms with van der Waals surface area (Å²) in [6.45, 7) is 5.67. The van der Waals surface area contributed by atoms with Crippen molar-refractivity contribution in [2.45, 2.75) is 32.7 Å². The van der Waals surface area contributed by atoms with Crippen molar-refractivity contribution >= 4 is 11.8 Å². The van der Waals surface area contributed by atoms with E-state index in [1.807, 2.05) is 11.8 Å². The number of anilines is 2. The molecular weight excluding hydrogens is 207 g/mol. The largest absolute Gasteiger partial charge is 0.354 e. The van der Waals surface area contributed by atoms with Crippen molar-refractivity contribution in [1.82, 2.24) is 9.97 Å². The SMILES string of the molecule is CCNc1ncc(F)c(N2CCCC2C)n1. The third kappa shape index (κ3) is 2.08. The first-order chi connectivity index (χ1) is 7.72. The fourth-order valence-electron chi connectivity index (χ4n) is 2.05. The smallest absolute Gasteiger partial charge is 0.224 e. The van der Waals surface area contributed by atoms with Gasteiger partial charge in [-0.05, 0) is 26.7 Å². The van der Waals surface area contributed by atoms with Gasteiger partial charge in [-0.3, -0.25) is 0 Å². The van der Waals surface area contributed by atoms with Gasteiger partial charge in [0, 0.05) is 19.1 Å². The van der Waals surface area contributed by atoms with Gasteiger partial charge in [0.1, 0.15) is 0 Å². The van der Waals surface area contributed by atoms with E-state index in [-0.39, 0.29) is 5.82 Å². The minimum absolute atomic E-state index is 0.338. The molecule has 1 N–H and O–H groups in total. The topological polar surface area (TPSA) is 41.1 Å². The van der Waals surface area contributed by atoms with Gasteiger partial charge in [-0.1, -0.05) is 0 Å². The minimum Gasteiger partial charge on any atom is -0.354 e. The zero-order valence-electron chi connectivity index (χ0n) is 9.70. The molecule has 16 heavy (non-hydrogen) atoms. The van der Waals surface area contributed by atoms with Crippen LogP contribution in [0, 0.1) is 5.82 Å². The van der Waals surface area contributed by atoms with Crippen molar-refractivity contribution in [3.05, 3.63) is 12.0 Å². The van der Waals surface area contributed by atoms with Crippen LogP contribution in [-0.4, -0.2) is 29.1 Å². The zero-order valence-corrected chi connectivity index (χ0v) is 9.70. The lowest BCUT2D eigenvalue weighted by Crippen LogP contribution is -2.28. The highest BCUT2D eigenvalue weighted by Crippen LogP contribution is 2.26. The second-order valence-corrected chi connectivity index (χ2v) is 4.08. The maximum atomic E-state index is 13.6. The number of hydrogen-bond acceptors (Lipinski definition) is 4. The van der Waals surface area contributed by atoms with E-state index >= 15 is 0 Å². The third-order valence-electron chi connectivity index (χ3n) is 2.89. The highest BCUT2D eigenvalue weighted by Gasteiger charge is 2.24. The summed E-state index contributed by atoms with van der Waals surface area (Å²) in [4.78, 5) is 10.1. The van der Waals surface area contributed by atoms with Crippen LogP contribution in [0.5, 0.6) is 0 Å². The molecule has 0 saturated carbocycles. The molecule has 0 radical (unpaired) electrons. The molecule has 1 aromatic heterocycles. The number of aromatic nitrogens is 2. The van der Waals surface area contributed by atoms with Crippen molar-refractivity contribution in [2.75, 3.05) is 23.3 Å². The molecule has 88 valence electrons. The molecule has 0 amide bonds. The number of halogens is 1. The van der Waals surface area contributed by atoms with Crippen LogP contribution < -0.4 is 10.2 Å². The zero-order chi connectivity index (χ0) is 11.5. The number of nitrogens with one attached hydrogen (secondary N) is 1. The molecule has 2 heterocycles. The van der Waals surface area contributed by atoms with Gasteiger partial charge in [0.05, 0.1) is 6.20 Å². The van der Waals surface area contributed by atoms with Gasteiger partial charge in [0.25, 0.3) is 0 Å². The monoisotopic (exact) mass is 224 g/mol. The first-order valence-corrected chi connectivity index (χ1v) is 5.75. The van der Waals surface area contributed by atoms with E-state index in [0.717, 1.165) is 25.9 Å². The summed E-state index contributed by atoms with van der Waals surface area (Å²) >= 11 is 0. The van der Waals surface area contributed by atoms with E-state index in [1.54, 1.807) is 0 Å². The first-order valence-electron chi connectivity index (χ1n) is 5.75. The molecule has 1 aromatic rings. The summed E-state index contributed by atoms with van der Waals surface area (Å²) in [6.07, 6.45) is 3.44. The molecule has 5 heteroatoms. The normalized spacial score (nSPS) is 20.2. The molecule has 1 saturated heterocycles. The van der Waals surface area contributed by atoms with Crippen LogP contribution in [0.4, 0.5) is 16.2 Å². The lowest BCUT2D eigenvalue weighted by molar-refractivity contribution is 0.598. The summed E-state index contributed by atoms with van der Waals surface area (Å²) in [5.41, 5.74) is 0. The number of rotatable bonds is 3. The van der Waals surface area contributed by atoms with E-state index in [0.29, 0.717) is 17.8 Å². The predicted molar refractivity (Wildman–Crippen MR) is 62.2 cm³/mol. The average Bonchev–Trinajstić information content (AvgIpc) is 2.68. The molecule has 4 nitrogen and oxygen atoms in total. The minimum atomic E-state index is -0.338. The van der Waals surface area contributed by atoms with Crippen LogP contribution in [0.1, 0.15) is 26.7 Å². The van der Waals surface area contributed by atoms with Crippen LogP contribution in [0.2, 0.25) is 0 Å². The Morgan fingerprint density at radius 2 is 2.44 bits per heavy atom. The molecular formula is C11H17FN4. The Morgan fingerprint density at radius 3 is 3.06 bits per heavy atom. The Hall–Kier alpha value is -1.39. The Balaban J connectivity index is 2.27. The van der Waals surface area contributed by atoms with E-state index in [2.05, 4.69) is 22.2 Å². The summed E-state index contributed by atoms with van der Waals surface area (Å²) in [5.74, 6) is 0.587. The van der Waals surface area contributed by atoms with Gasteiger partial charge in [-0.15, -0.1) is 0 Å². The van der Waals surface area contributed by atoms with Gasteiger partial charge in [-0.2, -0.15) is 4.98 Å². The fourth-order valence-corrected chi connectivity index (χ4v) is 2.05. The van der Waals surface area contributed by atoms with Gasteiger partial charge in [0.2, 0.25) is 5.95 Å². The van der Waals surface area contributed by atoms with Crippen molar-refractivity contribution in [3.8, 4) is 0 Å². The molecule has 1 aliphatic heterocycles. The molecule has 0 aromatic carbocycles. The summed E-state index contributed by atoms with van der Waals surface area (Å²) in [6, 6.07) is 0.360. The Morgan fingerprint density at radius 1 is 1.62 bits per heavy atom. The standard InChI is InChI=1S/C11H17FN4/c1-3-13-11-14-7-9(12)10(15-11)16-6-4-5-8(16)2/h7-8H,3-6H2,1-2H3,(H,13,14,15). The van der Waals surface area contributed by atoms with Gasteiger partial charge < -0.3 is 10.2 Å². The molecule has 1 unspecified atom stereocenters. The second kappa shape index (κ2) is 4.63. The van der Waals surface area contributed by atoms with Gasteiger partial charge in [-0.25, -0.2) is 9.37 Å². The summed E-state index contributed by atoms with van der Waals surface area (Å²) < 4.78 is 13.6. The maximum absolute atomic E-state index is 13.6. The molecule has 0 bridgehead atoms. The van der Waals surface area contributed by atoms with Crippen molar-refractivity contribution in [1.29, 1.82) is 0 Å². The fraction of sp³-hybridized carbons (Fsp3) is 0.636. The van der Waals surface area contributed by atoms with Crippen molar-refractivity contribution in [3.63, 3.8) is 0 Å². The highest BCUT2D eigenvalue weighted by molar-refractivity contribution is 5.45. The predicted octanol–water partition coefficient (Wildman–Crippen LogP) is 2.04. The molecule has 2 rings (SSSR count). The molecule has 0 spiro atoms. The average molecular weight is 224 g/mol. The number of hydrogen-bond donors (Lipinski definition) is 1. The van der Waals surface area contributed by atoms with Crippen LogP contribution >= 0.6 is 0 Å². The lowest BCUT2D eigenvalue weighted by atomic mass is 10.2. The Bertz CT molecular complexity index is 369. The molecule has 1 fully saturated rings. The van der Waals surface area contributed by atoms with Crippen LogP contribution in [-0.2, 0) is 0 Å². The van der Waals surface area contributed by atoms with Crippen LogP contribution in [0.3, 0.4) is 0 Å². The van der Waals surface area contributed by atoms with Crippen molar-refractivity contribution in [2.24, 2.45) is 0 Å². The Labute approximate surface area is 94.9 Å². The third-order valence-corrected chi connectivity index (χ3v) is 2.89. The second-order valence-electron chi connectivity index (χ2n) is 4.08.